The zero-order valence-electron chi connectivity index (χ0n) is 11.9. The van der Waals surface area contributed by atoms with Crippen molar-refractivity contribution in [1.29, 1.82) is 0 Å². The van der Waals surface area contributed by atoms with Gasteiger partial charge in [0.1, 0.15) is 17.5 Å². The molecule has 0 bridgehead atoms. The predicted molar refractivity (Wildman–Crippen MR) is 75.5 cm³/mol. The number of nitrogens with one attached hydrogen (secondary N) is 2. The van der Waals surface area contributed by atoms with Gasteiger partial charge in [-0.25, -0.2) is 13.8 Å². The van der Waals surface area contributed by atoms with Crippen molar-refractivity contribution in [3.05, 3.63) is 41.4 Å². The van der Waals surface area contributed by atoms with E-state index in [1.807, 2.05) is 0 Å². The van der Waals surface area contributed by atoms with Crippen molar-refractivity contribution in [2.24, 2.45) is 0 Å². The second kappa shape index (κ2) is 6.13. The maximum Gasteiger partial charge on any atom is 0.133 e. The Hall–Kier alpha value is -1.75. The van der Waals surface area contributed by atoms with Crippen LogP contribution in [-0.4, -0.2) is 22.6 Å². The molecule has 2 rings (SSSR count). The van der Waals surface area contributed by atoms with Crippen LogP contribution in [0.1, 0.15) is 25.2 Å². The molecular formula is C15H19F2N3. The fourth-order valence-electron chi connectivity index (χ4n) is 1.96. The molecule has 5 heteroatoms. The molecule has 108 valence electrons. The maximum atomic E-state index is 13.9. The maximum absolute atomic E-state index is 13.9. The number of hydrogen-bond acceptors (Lipinski definition) is 2. The van der Waals surface area contributed by atoms with Gasteiger partial charge in [-0.2, -0.15) is 0 Å². The fraction of sp³-hybridized carbons (Fsp3) is 0.400. The van der Waals surface area contributed by atoms with E-state index >= 15 is 0 Å². The average Bonchev–Trinajstić information content (AvgIpc) is 2.82. The standard InChI is InChI=1S/C15H19F2N3/c1-9(2)18-5-4-15-19-8-14(20-15)11-7-12(16)10(3)6-13(11)17/h6-9,18H,4-5H2,1-3H3,(H,19,20). The van der Waals surface area contributed by atoms with E-state index in [2.05, 4.69) is 29.1 Å². The molecule has 2 N–H and O–H groups in total. The van der Waals surface area contributed by atoms with Gasteiger partial charge in [-0.3, -0.25) is 0 Å². The topological polar surface area (TPSA) is 40.7 Å². The number of nitrogens with zero attached hydrogens (tertiary/aromatic N) is 1. The van der Waals surface area contributed by atoms with Gasteiger partial charge in [-0.15, -0.1) is 0 Å². The first-order valence-corrected chi connectivity index (χ1v) is 6.70. The molecular weight excluding hydrogens is 260 g/mol. The summed E-state index contributed by atoms with van der Waals surface area (Å²) in [4.78, 5) is 7.23. The highest BCUT2D eigenvalue weighted by Crippen LogP contribution is 2.24. The van der Waals surface area contributed by atoms with E-state index in [1.54, 1.807) is 0 Å². The second-order valence-corrected chi connectivity index (χ2v) is 5.18. The van der Waals surface area contributed by atoms with Gasteiger partial charge in [0.2, 0.25) is 0 Å². The first-order valence-electron chi connectivity index (χ1n) is 6.70. The molecule has 0 aliphatic heterocycles. The van der Waals surface area contributed by atoms with Crippen LogP contribution in [0.2, 0.25) is 0 Å². The normalized spacial score (nSPS) is 11.3. The Morgan fingerprint density at radius 3 is 2.70 bits per heavy atom. The van der Waals surface area contributed by atoms with E-state index in [9.17, 15) is 8.78 Å². The Balaban J connectivity index is 2.14. The largest absolute Gasteiger partial charge is 0.342 e. The number of aryl methyl sites for hydroxylation is 1. The summed E-state index contributed by atoms with van der Waals surface area (Å²) < 4.78 is 27.4. The van der Waals surface area contributed by atoms with Gasteiger partial charge in [-0.1, -0.05) is 13.8 Å². The number of rotatable bonds is 5. The molecule has 0 fully saturated rings. The third-order valence-corrected chi connectivity index (χ3v) is 3.08. The van der Waals surface area contributed by atoms with Crippen LogP contribution >= 0.6 is 0 Å². The zero-order chi connectivity index (χ0) is 14.7. The lowest BCUT2D eigenvalue weighted by Gasteiger charge is -2.06. The highest BCUT2D eigenvalue weighted by atomic mass is 19.1. The molecule has 0 aliphatic rings. The van der Waals surface area contributed by atoms with Crippen LogP contribution in [0.3, 0.4) is 0 Å². The minimum Gasteiger partial charge on any atom is -0.342 e. The van der Waals surface area contributed by atoms with Gasteiger partial charge in [-0.05, 0) is 24.6 Å². The first-order chi connectivity index (χ1) is 9.47. The first kappa shape index (κ1) is 14.7. The van der Waals surface area contributed by atoms with Crippen LogP contribution in [0.15, 0.2) is 18.3 Å². The van der Waals surface area contributed by atoms with Crippen molar-refractivity contribution in [2.45, 2.75) is 33.2 Å². The summed E-state index contributed by atoms with van der Waals surface area (Å²) in [6.45, 7) is 6.46. The Labute approximate surface area is 117 Å². The van der Waals surface area contributed by atoms with Gasteiger partial charge in [0.05, 0.1) is 11.9 Å². The SMILES string of the molecule is Cc1cc(F)c(-c2cnc(CCNC(C)C)[nH]2)cc1F. The minimum atomic E-state index is -0.445. The van der Waals surface area contributed by atoms with E-state index in [0.29, 0.717) is 23.7 Å². The van der Waals surface area contributed by atoms with E-state index < -0.39 is 11.6 Å². The lowest BCUT2D eigenvalue weighted by molar-refractivity contribution is 0.584. The Kier molecular flexibility index (Phi) is 4.49. The molecule has 0 saturated carbocycles. The summed E-state index contributed by atoms with van der Waals surface area (Å²) in [5.41, 5.74) is 1.01. The number of hydrogen-bond donors (Lipinski definition) is 2. The van der Waals surface area contributed by atoms with Crippen LogP contribution < -0.4 is 5.32 Å². The highest BCUT2D eigenvalue weighted by molar-refractivity contribution is 5.60. The third-order valence-electron chi connectivity index (χ3n) is 3.08. The summed E-state index contributed by atoms with van der Waals surface area (Å²) >= 11 is 0. The van der Waals surface area contributed by atoms with Gasteiger partial charge in [0.15, 0.2) is 0 Å². The van der Waals surface area contributed by atoms with Gasteiger partial charge in [0, 0.05) is 24.6 Å². The van der Waals surface area contributed by atoms with Crippen LogP contribution in [0.25, 0.3) is 11.3 Å². The summed E-state index contributed by atoms with van der Waals surface area (Å²) in [5.74, 6) is -0.105. The van der Waals surface area contributed by atoms with Crippen molar-refractivity contribution in [3.8, 4) is 11.3 Å². The highest BCUT2D eigenvalue weighted by Gasteiger charge is 2.11. The molecule has 0 spiro atoms. The smallest absolute Gasteiger partial charge is 0.133 e. The van der Waals surface area contributed by atoms with E-state index in [1.165, 1.54) is 25.3 Å². The molecule has 1 aromatic carbocycles. The third kappa shape index (κ3) is 3.42. The van der Waals surface area contributed by atoms with Crippen molar-refractivity contribution in [2.75, 3.05) is 6.54 Å². The minimum absolute atomic E-state index is 0.212. The molecule has 3 nitrogen and oxygen atoms in total. The lowest BCUT2D eigenvalue weighted by atomic mass is 10.1. The quantitative estimate of drug-likeness (QED) is 0.882. The van der Waals surface area contributed by atoms with E-state index in [-0.39, 0.29) is 5.56 Å². The number of aromatic nitrogens is 2. The number of halogens is 2. The van der Waals surface area contributed by atoms with Crippen LogP contribution in [0.5, 0.6) is 0 Å². The molecule has 20 heavy (non-hydrogen) atoms. The van der Waals surface area contributed by atoms with Crippen LogP contribution in [0.4, 0.5) is 8.78 Å². The molecule has 2 aromatic rings. The molecule has 1 aromatic heterocycles. The molecule has 0 unspecified atom stereocenters. The molecule has 1 heterocycles. The molecule has 0 aliphatic carbocycles. The van der Waals surface area contributed by atoms with E-state index in [0.717, 1.165) is 12.4 Å². The summed E-state index contributed by atoms with van der Waals surface area (Å²) in [5, 5.41) is 3.28. The van der Waals surface area contributed by atoms with Crippen molar-refractivity contribution in [1.82, 2.24) is 15.3 Å². The second-order valence-electron chi connectivity index (χ2n) is 5.18. The van der Waals surface area contributed by atoms with Crippen molar-refractivity contribution >= 4 is 0 Å². The molecule has 0 radical (unpaired) electrons. The average molecular weight is 279 g/mol. The van der Waals surface area contributed by atoms with Crippen LogP contribution in [0, 0.1) is 18.6 Å². The van der Waals surface area contributed by atoms with Crippen LogP contribution in [-0.2, 0) is 6.42 Å². The fourth-order valence-corrected chi connectivity index (χ4v) is 1.96. The summed E-state index contributed by atoms with van der Waals surface area (Å²) in [6, 6.07) is 2.81. The van der Waals surface area contributed by atoms with Gasteiger partial charge < -0.3 is 10.3 Å². The number of aromatic amines is 1. The van der Waals surface area contributed by atoms with E-state index in [4.69, 9.17) is 0 Å². The monoisotopic (exact) mass is 279 g/mol. The summed E-state index contributed by atoms with van der Waals surface area (Å²) in [6.07, 6.45) is 2.26. The number of imidazole rings is 1. The Morgan fingerprint density at radius 1 is 1.25 bits per heavy atom. The van der Waals surface area contributed by atoms with Crippen molar-refractivity contribution in [3.63, 3.8) is 0 Å². The lowest BCUT2D eigenvalue weighted by Crippen LogP contribution is -2.25. The summed E-state index contributed by atoms with van der Waals surface area (Å²) in [7, 11) is 0. The Morgan fingerprint density at radius 2 is 2.00 bits per heavy atom. The number of H-pyrrole nitrogens is 1. The van der Waals surface area contributed by atoms with Gasteiger partial charge >= 0.3 is 0 Å². The predicted octanol–water partition coefficient (Wildman–Crippen LogP) is 3.20. The molecule has 0 atom stereocenters. The number of benzene rings is 1. The Bertz CT molecular complexity index is 591. The molecule has 0 amide bonds. The molecule has 0 saturated heterocycles. The van der Waals surface area contributed by atoms with Gasteiger partial charge in [0.25, 0.3) is 0 Å². The van der Waals surface area contributed by atoms with Crippen molar-refractivity contribution < 1.29 is 8.78 Å². The zero-order valence-corrected chi connectivity index (χ0v) is 11.9.